The number of anilines is 1. The van der Waals surface area contributed by atoms with Crippen LogP contribution in [-0.4, -0.2) is 36.8 Å². The molecule has 0 radical (unpaired) electrons. The predicted octanol–water partition coefficient (Wildman–Crippen LogP) is 1.77. The first-order valence-electron chi connectivity index (χ1n) is 7.21. The molecule has 0 atom stereocenters. The van der Waals surface area contributed by atoms with Gasteiger partial charge in [-0.1, -0.05) is 34.5 Å². The minimum absolute atomic E-state index is 0.00383. The van der Waals surface area contributed by atoms with Gasteiger partial charge in [-0.2, -0.15) is 0 Å². The third-order valence-electron chi connectivity index (χ3n) is 3.37. The van der Waals surface area contributed by atoms with Crippen molar-refractivity contribution in [2.75, 3.05) is 5.32 Å². The molecule has 0 unspecified atom stereocenters. The Bertz CT molecular complexity index is 955. The summed E-state index contributed by atoms with van der Waals surface area (Å²) in [7, 11) is 0. The van der Waals surface area contributed by atoms with E-state index < -0.39 is 11.8 Å². The summed E-state index contributed by atoms with van der Waals surface area (Å²) in [5.41, 5.74) is 5.70. The van der Waals surface area contributed by atoms with Crippen LogP contribution in [0.15, 0.2) is 36.8 Å². The van der Waals surface area contributed by atoms with Crippen molar-refractivity contribution < 1.29 is 9.59 Å². The van der Waals surface area contributed by atoms with Crippen LogP contribution in [0.1, 0.15) is 26.5 Å². The number of hydrogen-bond donors (Lipinski definition) is 2. The standard InChI is InChI=1S/C15H11Cl2N7O2/c16-9-2-1-3-10(17)8(9)7-24-14(12(13(18)25)22-23-24)21-15(26)11-6-19-4-5-20-11/h1-6H,7H2,(H2,18,25)(H,21,26). The smallest absolute Gasteiger partial charge is 0.277 e. The van der Waals surface area contributed by atoms with E-state index in [2.05, 4.69) is 25.6 Å². The number of carbonyl (C=O) groups is 2. The molecule has 0 aliphatic heterocycles. The zero-order valence-electron chi connectivity index (χ0n) is 13.1. The highest BCUT2D eigenvalue weighted by Gasteiger charge is 2.22. The minimum atomic E-state index is -0.851. The molecule has 11 heteroatoms. The van der Waals surface area contributed by atoms with Gasteiger partial charge in [-0.3, -0.25) is 14.6 Å². The van der Waals surface area contributed by atoms with Crippen molar-refractivity contribution in [1.29, 1.82) is 0 Å². The molecule has 3 rings (SSSR count). The molecule has 1 aromatic carbocycles. The van der Waals surface area contributed by atoms with Gasteiger partial charge >= 0.3 is 0 Å². The Labute approximate surface area is 157 Å². The van der Waals surface area contributed by atoms with Crippen molar-refractivity contribution in [1.82, 2.24) is 25.0 Å². The van der Waals surface area contributed by atoms with E-state index >= 15 is 0 Å². The summed E-state index contributed by atoms with van der Waals surface area (Å²) in [6.07, 6.45) is 4.07. The Morgan fingerprint density at radius 2 is 1.92 bits per heavy atom. The number of halogens is 2. The molecule has 3 N–H and O–H groups in total. The molecule has 2 aromatic heterocycles. The number of hydrogen-bond acceptors (Lipinski definition) is 6. The van der Waals surface area contributed by atoms with E-state index in [9.17, 15) is 9.59 Å². The summed E-state index contributed by atoms with van der Waals surface area (Å²) in [6.45, 7) is 0.0644. The highest BCUT2D eigenvalue weighted by Crippen LogP contribution is 2.26. The largest absolute Gasteiger partial charge is 0.364 e. The van der Waals surface area contributed by atoms with Crippen molar-refractivity contribution >= 4 is 40.8 Å². The molecule has 0 saturated carbocycles. The summed E-state index contributed by atoms with van der Waals surface area (Å²) < 4.78 is 1.27. The van der Waals surface area contributed by atoms with Gasteiger partial charge < -0.3 is 11.1 Å². The average molecular weight is 392 g/mol. The predicted molar refractivity (Wildman–Crippen MR) is 94.1 cm³/mol. The highest BCUT2D eigenvalue weighted by molar-refractivity contribution is 6.36. The Kier molecular flexibility index (Phi) is 5.10. The lowest BCUT2D eigenvalue weighted by Crippen LogP contribution is -2.21. The van der Waals surface area contributed by atoms with Gasteiger partial charge in [0.05, 0.1) is 12.7 Å². The number of carbonyl (C=O) groups excluding carboxylic acids is 2. The van der Waals surface area contributed by atoms with E-state index in [-0.39, 0.29) is 23.8 Å². The fraction of sp³-hybridized carbons (Fsp3) is 0.0667. The Morgan fingerprint density at radius 3 is 2.54 bits per heavy atom. The second kappa shape index (κ2) is 7.46. The Balaban J connectivity index is 1.97. The average Bonchev–Trinajstić information content (AvgIpc) is 3.01. The van der Waals surface area contributed by atoms with Crippen molar-refractivity contribution in [3.8, 4) is 0 Å². The molecule has 9 nitrogen and oxygen atoms in total. The molecule has 132 valence electrons. The minimum Gasteiger partial charge on any atom is -0.364 e. The molecule has 3 aromatic rings. The first kappa shape index (κ1) is 17.8. The molecule has 0 spiro atoms. The SMILES string of the molecule is NC(=O)c1nnn(Cc2c(Cl)cccc2Cl)c1NC(=O)c1cnccn1. The molecular formula is C15H11Cl2N7O2. The molecule has 0 aliphatic carbocycles. The fourth-order valence-corrected chi connectivity index (χ4v) is 2.65. The number of nitrogens with zero attached hydrogens (tertiary/aromatic N) is 5. The van der Waals surface area contributed by atoms with Crippen LogP contribution in [0.3, 0.4) is 0 Å². The molecule has 0 bridgehead atoms. The normalized spacial score (nSPS) is 10.5. The fourth-order valence-electron chi connectivity index (χ4n) is 2.13. The first-order valence-corrected chi connectivity index (χ1v) is 7.96. The summed E-state index contributed by atoms with van der Waals surface area (Å²) in [6, 6.07) is 5.01. The zero-order valence-corrected chi connectivity index (χ0v) is 14.6. The van der Waals surface area contributed by atoms with E-state index in [1.807, 2.05) is 0 Å². The van der Waals surface area contributed by atoms with Crippen molar-refractivity contribution in [2.45, 2.75) is 6.54 Å². The topological polar surface area (TPSA) is 129 Å². The van der Waals surface area contributed by atoms with Gasteiger partial charge in [0.15, 0.2) is 11.5 Å². The van der Waals surface area contributed by atoms with Gasteiger partial charge in [-0.15, -0.1) is 5.10 Å². The number of benzene rings is 1. The second-order valence-corrected chi connectivity index (χ2v) is 5.87. The van der Waals surface area contributed by atoms with Crippen LogP contribution in [0.25, 0.3) is 0 Å². The Hall–Kier alpha value is -3.04. The van der Waals surface area contributed by atoms with Gasteiger partial charge in [0, 0.05) is 28.0 Å². The van der Waals surface area contributed by atoms with Crippen molar-refractivity contribution in [3.05, 3.63) is 63.8 Å². The van der Waals surface area contributed by atoms with Gasteiger partial charge in [0.25, 0.3) is 11.8 Å². The van der Waals surface area contributed by atoms with Crippen LogP contribution in [-0.2, 0) is 6.54 Å². The highest BCUT2D eigenvalue weighted by atomic mass is 35.5. The van der Waals surface area contributed by atoms with Gasteiger partial charge in [0.2, 0.25) is 0 Å². The maximum atomic E-state index is 12.3. The lowest BCUT2D eigenvalue weighted by atomic mass is 10.2. The van der Waals surface area contributed by atoms with Crippen LogP contribution in [0.5, 0.6) is 0 Å². The molecule has 26 heavy (non-hydrogen) atoms. The van der Waals surface area contributed by atoms with Crippen LogP contribution in [0.4, 0.5) is 5.82 Å². The number of rotatable bonds is 5. The first-order chi connectivity index (χ1) is 12.5. The van der Waals surface area contributed by atoms with E-state index in [0.29, 0.717) is 15.6 Å². The number of nitrogens with one attached hydrogen (secondary N) is 1. The summed E-state index contributed by atoms with van der Waals surface area (Å²) in [5.74, 6) is -1.45. The van der Waals surface area contributed by atoms with Crippen LogP contribution in [0.2, 0.25) is 10.0 Å². The van der Waals surface area contributed by atoms with Crippen molar-refractivity contribution in [3.63, 3.8) is 0 Å². The molecule has 2 heterocycles. The number of nitrogens with two attached hydrogens (primary N) is 1. The monoisotopic (exact) mass is 391 g/mol. The number of primary amides is 1. The lowest BCUT2D eigenvalue weighted by molar-refractivity contribution is 0.0996. The summed E-state index contributed by atoms with van der Waals surface area (Å²) >= 11 is 12.3. The van der Waals surface area contributed by atoms with Crippen LogP contribution in [0, 0.1) is 0 Å². The van der Waals surface area contributed by atoms with E-state index in [1.54, 1.807) is 18.2 Å². The third kappa shape index (κ3) is 3.63. The second-order valence-electron chi connectivity index (χ2n) is 5.05. The number of aromatic nitrogens is 5. The maximum Gasteiger partial charge on any atom is 0.277 e. The number of amides is 2. The molecule has 2 amide bonds. The molecule has 0 aliphatic rings. The maximum absolute atomic E-state index is 12.3. The summed E-state index contributed by atoms with van der Waals surface area (Å²) in [4.78, 5) is 31.7. The van der Waals surface area contributed by atoms with Crippen molar-refractivity contribution in [2.24, 2.45) is 5.73 Å². The van der Waals surface area contributed by atoms with E-state index in [0.717, 1.165) is 0 Å². The molecular weight excluding hydrogens is 381 g/mol. The van der Waals surface area contributed by atoms with E-state index in [4.69, 9.17) is 28.9 Å². The lowest BCUT2D eigenvalue weighted by Gasteiger charge is -2.11. The van der Waals surface area contributed by atoms with Gasteiger partial charge in [0.1, 0.15) is 5.69 Å². The van der Waals surface area contributed by atoms with Crippen LogP contribution >= 0.6 is 23.2 Å². The summed E-state index contributed by atoms with van der Waals surface area (Å²) in [5, 5.41) is 10.9. The third-order valence-corrected chi connectivity index (χ3v) is 4.07. The van der Waals surface area contributed by atoms with Crippen LogP contribution < -0.4 is 11.1 Å². The zero-order chi connectivity index (χ0) is 18.7. The van der Waals surface area contributed by atoms with Gasteiger partial charge in [-0.05, 0) is 12.1 Å². The quantitative estimate of drug-likeness (QED) is 0.681. The van der Waals surface area contributed by atoms with Gasteiger partial charge in [-0.25, -0.2) is 9.67 Å². The molecule has 0 fully saturated rings. The van der Waals surface area contributed by atoms with E-state index in [1.165, 1.54) is 23.3 Å². The molecule has 0 saturated heterocycles. The Morgan fingerprint density at radius 1 is 1.19 bits per heavy atom.